The molecule has 0 saturated heterocycles. The van der Waals surface area contributed by atoms with E-state index < -0.39 is 52.2 Å². The largest absolute Gasteiger partial charge is 0.507 e. The molecule has 1 aliphatic carbocycles. The summed E-state index contributed by atoms with van der Waals surface area (Å²) in [5, 5.41) is 60.4. The van der Waals surface area contributed by atoms with Gasteiger partial charge in [-0.3, -0.25) is 4.79 Å². The van der Waals surface area contributed by atoms with E-state index in [0.717, 1.165) is 30.4 Å². The van der Waals surface area contributed by atoms with Crippen LogP contribution in [0.2, 0.25) is 0 Å². The lowest BCUT2D eigenvalue weighted by Crippen LogP contribution is -2.29. The smallest absolute Gasteiger partial charge is 0.412 e. The van der Waals surface area contributed by atoms with E-state index in [-0.39, 0.29) is 52.5 Å². The SMILES string of the molecule is O=C(NCCc1ccc(O)c(O)c1)Oc1ccc(C(=C2C=CC(=O)C(C(=O)O)=C2)c2ccc(O)c(C(=O)O)c2)cc1C(=O)O. The summed E-state index contributed by atoms with van der Waals surface area (Å²) >= 11 is 0. The quantitative estimate of drug-likeness (QED) is 0.138. The molecule has 0 fully saturated rings. The maximum absolute atomic E-state index is 12.4. The van der Waals surface area contributed by atoms with Crippen molar-refractivity contribution in [2.45, 2.75) is 6.42 Å². The van der Waals surface area contributed by atoms with E-state index in [4.69, 9.17) is 4.74 Å². The van der Waals surface area contributed by atoms with Crippen molar-refractivity contribution in [3.63, 3.8) is 0 Å². The molecule has 0 atom stereocenters. The summed E-state index contributed by atoms with van der Waals surface area (Å²) < 4.78 is 5.21. The Kier molecular flexibility index (Phi) is 8.79. The van der Waals surface area contributed by atoms with Crippen LogP contribution in [0, 0.1) is 0 Å². The van der Waals surface area contributed by atoms with E-state index in [1.807, 2.05) is 0 Å². The van der Waals surface area contributed by atoms with Crippen molar-refractivity contribution in [3.8, 4) is 23.0 Å². The fourth-order valence-corrected chi connectivity index (χ4v) is 4.33. The van der Waals surface area contributed by atoms with Crippen LogP contribution in [-0.4, -0.2) is 67.0 Å². The number of ketones is 1. The molecule has 1 aliphatic rings. The molecule has 44 heavy (non-hydrogen) atoms. The van der Waals surface area contributed by atoms with Crippen LogP contribution in [0.3, 0.4) is 0 Å². The molecule has 3 aromatic rings. The monoisotopic (exact) mass is 601 g/mol. The third-order valence-corrected chi connectivity index (χ3v) is 6.44. The number of hydrogen-bond donors (Lipinski definition) is 7. The molecular weight excluding hydrogens is 578 g/mol. The third kappa shape index (κ3) is 6.74. The number of amides is 1. The van der Waals surface area contributed by atoms with Gasteiger partial charge >= 0.3 is 24.0 Å². The number of phenols is 3. The minimum Gasteiger partial charge on any atom is -0.507 e. The second-order valence-electron chi connectivity index (χ2n) is 9.33. The predicted octanol–water partition coefficient (Wildman–Crippen LogP) is 3.48. The van der Waals surface area contributed by atoms with Gasteiger partial charge < -0.3 is 40.7 Å². The molecule has 1 amide bonds. The van der Waals surface area contributed by atoms with Crippen LogP contribution in [0.1, 0.15) is 37.4 Å². The number of rotatable bonds is 9. The topological polar surface area (TPSA) is 228 Å². The minimum absolute atomic E-state index is 0.0375. The number of benzene rings is 3. The summed E-state index contributed by atoms with van der Waals surface area (Å²) in [6, 6.07) is 11.3. The molecule has 224 valence electrons. The van der Waals surface area contributed by atoms with Crippen molar-refractivity contribution in [3.05, 3.63) is 112 Å². The Morgan fingerprint density at radius 1 is 0.705 bits per heavy atom. The Hall–Kier alpha value is -6.37. The summed E-state index contributed by atoms with van der Waals surface area (Å²) in [6.07, 6.45) is 2.59. The van der Waals surface area contributed by atoms with E-state index in [1.165, 1.54) is 42.5 Å². The first-order valence-electron chi connectivity index (χ1n) is 12.7. The third-order valence-electron chi connectivity index (χ3n) is 6.44. The first-order valence-corrected chi connectivity index (χ1v) is 12.7. The minimum atomic E-state index is -1.52. The molecule has 0 aliphatic heterocycles. The molecule has 0 aromatic heterocycles. The molecule has 0 radical (unpaired) electrons. The Morgan fingerprint density at radius 3 is 1.98 bits per heavy atom. The lowest BCUT2D eigenvalue weighted by molar-refractivity contribution is -0.134. The zero-order chi connectivity index (χ0) is 32.1. The molecule has 0 spiro atoms. The van der Waals surface area contributed by atoms with E-state index in [1.54, 1.807) is 0 Å². The van der Waals surface area contributed by atoms with Gasteiger partial charge in [-0.15, -0.1) is 0 Å². The van der Waals surface area contributed by atoms with Crippen molar-refractivity contribution in [1.82, 2.24) is 5.32 Å². The number of carboxylic acids is 3. The summed E-state index contributed by atoms with van der Waals surface area (Å²) in [4.78, 5) is 60.1. The highest BCUT2D eigenvalue weighted by Crippen LogP contribution is 2.35. The van der Waals surface area contributed by atoms with Crippen LogP contribution < -0.4 is 10.1 Å². The fourth-order valence-electron chi connectivity index (χ4n) is 4.33. The number of aliphatic carboxylic acids is 1. The Balaban J connectivity index is 1.71. The van der Waals surface area contributed by atoms with Crippen molar-refractivity contribution in [1.29, 1.82) is 0 Å². The van der Waals surface area contributed by atoms with E-state index in [2.05, 4.69) is 5.32 Å². The number of aromatic carboxylic acids is 2. The number of ether oxygens (including phenoxy) is 1. The molecule has 0 bridgehead atoms. The second-order valence-corrected chi connectivity index (χ2v) is 9.33. The highest BCUT2D eigenvalue weighted by molar-refractivity contribution is 6.23. The molecule has 0 unspecified atom stereocenters. The number of carbonyl (C=O) groups excluding carboxylic acids is 2. The van der Waals surface area contributed by atoms with Crippen LogP contribution in [-0.2, 0) is 16.0 Å². The molecular formula is C31H23NO12. The number of allylic oxidation sites excluding steroid dienone is 4. The first kappa shape index (κ1) is 30.6. The van der Waals surface area contributed by atoms with Gasteiger partial charge in [0.05, 0.1) is 0 Å². The van der Waals surface area contributed by atoms with Gasteiger partial charge in [0.15, 0.2) is 17.3 Å². The number of phenolic OH excluding ortho intramolecular Hbond substituents is 2. The fraction of sp³-hybridized carbons (Fsp3) is 0.0645. The summed E-state index contributed by atoms with van der Waals surface area (Å²) in [7, 11) is 0. The van der Waals surface area contributed by atoms with E-state index in [0.29, 0.717) is 5.56 Å². The van der Waals surface area contributed by atoms with Crippen molar-refractivity contribution < 1.29 is 59.3 Å². The molecule has 0 heterocycles. The lowest BCUT2D eigenvalue weighted by Gasteiger charge is -2.17. The van der Waals surface area contributed by atoms with Gasteiger partial charge in [0.25, 0.3) is 0 Å². The van der Waals surface area contributed by atoms with Gasteiger partial charge in [-0.25, -0.2) is 19.2 Å². The highest BCUT2D eigenvalue weighted by atomic mass is 16.6. The Labute approximate surface area is 247 Å². The van der Waals surface area contributed by atoms with Gasteiger partial charge in [-0.2, -0.15) is 0 Å². The number of carbonyl (C=O) groups is 5. The standard InChI is InChI=1S/C31H23NO12/c33-22-6-2-16(12-19(22)28(37)38)27(17-3-7-23(34)20(13-17)29(39)40)18-4-8-26(21(14-18)30(41)42)44-31(43)32-10-9-15-1-5-24(35)25(36)11-15/h1-8,11-14,33,35-36H,9-10H2,(H,32,43)(H,37,38)(H,39,40)(H,41,42). The zero-order valence-electron chi connectivity index (χ0n) is 22.5. The first-order chi connectivity index (χ1) is 20.8. The van der Waals surface area contributed by atoms with Gasteiger partial charge in [0.2, 0.25) is 0 Å². The van der Waals surface area contributed by atoms with Crippen LogP contribution in [0.5, 0.6) is 23.0 Å². The number of carboxylic acid groups (broad SMARTS) is 3. The second kappa shape index (κ2) is 12.7. The lowest BCUT2D eigenvalue weighted by atomic mass is 9.87. The highest BCUT2D eigenvalue weighted by Gasteiger charge is 2.24. The van der Waals surface area contributed by atoms with Crippen LogP contribution in [0.4, 0.5) is 4.79 Å². The van der Waals surface area contributed by atoms with Crippen molar-refractivity contribution >= 4 is 35.4 Å². The molecule has 7 N–H and O–H groups in total. The molecule has 4 rings (SSSR count). The molecule has 0 saturated carbocycles. The average Bonchev–Trinajstić information content (AvgIpc) is 2.97. The summed E-state index contributed by atoms with van der Waals surface area (Å²) in [5.41, 5.74) is -0.466. The average molecular weight is 602 g/mol. The van der Waals surface area contributed by atoms with Gasteiger partial charge in [-0.1, -0.05) is 24.3 Å². The summed E-state index contributed by atoms with van der Waals surface area (Å²) in [6.45, 7) is 0.0375. The number of aromatic hydroxyl groups is 3. The van der Waals surface area contributed by atoms with Crippen LogP contribution in [0.25, 0.3) is 5.57 Å². The van der Waals surface area contributed by atoms with E-state index in [9.17, 15) is 54.6 Å². The van der Waals surface area contributed by atoms with Crippen molar-refractivity contribution in [2.75, 3.05) is 6.54 Å². The molecule has 3 aromatic carbocycles. The van der Waals surface area contributed by atoms with Gasteiger partial charge in [0.1, 0.15) is 28.2 Å². The number of hydrogen-bond acceptors (Lipinski definition) is 9. The van der Waals surface area contributed by atoms with Gasteiger partial charge in [-0.05, 0) is 82.8 Å². The normalized spacial score (nSPS) is 13.5. The van der Waals surface area contributed by atoms with Crippen LogP contribution >= 0.6 is 0 Å². The zero-order valence-corrected chi connectivity index (χ0v) is 22.5. The van der Waals surface area contributed by atoms with Crippen LogP contribution in [0.15, 0.2) is 84.0 Å². The van der Waals surface area contributed by atoms with Crippen molar-refractivity contribution in [2.24, 2.45) is 0 Å². The predicted molar refractivity (Wildman–Crippen MR) is 152 cm³/mol. The maximum atomic E-state index is 12.4. The molecule has 13 heteroatoms. The Bertz CT molecular complexity index is 1820. The molecule has 13 nitrogen and oxygen atoms in total. The number of nitrogens with one attached hydrogen (secondary N) is 1. The summed E-state index contributed by atoms with van der Waals surface area (Å²) in [5.74, 6) is -6.80. The Morgan fingerprint density at radius 2 is 1.34 bits per heavy atom. The van der Waals surface area contributed by atoms with Gasteiger partial charge in [0, 0.05) is 6.54 Å². The van der Waals surface area contributed by atoms with E-state index >= 15 is 0 Å². The maximum Gasteiger partial charge on any atom is 0.412 e.